The summed E-state index contributed by atoms with van der Waals surface area (Å²) in [7, 11) is 0. The molecule has 2 rings (SSSR count). The third-order valence-corrected chi connectivity index (χ3v) is 3.66. The predicted octanol–water partition coefficient (Wildman–Crippen LogP) is 4.39. The van der Waals surface area contributed by atoms with Crippen LogP contribution in [0.15, 0.2) is 35.0 Å². The smallest absolute Gasteiger partial charge is 0.141 e. The topological polar surface area (TPSA) is 12.0 Å². The minimum atomic E-state index is -0.375. The second-order valence-corrected chi connectivity index (χ2v) is 5.09. The minimum absolute atomic E-state index is 0.146. The first-order valence-electron chi connectivity index (χ1n) is 5.36. The molecule has 0 saturated carbocycles. The first kappa shape index (κ1) is 12.6. The number of rotatable bonds is 4. The summed E-state index contributed by atoms with van der Waals surface area (Å²) in [6, 6.07) is 7.06. The van der Waals surface area contributed by atoms with Gasteiger partial charge in [0, 0.05) is 12.6 Å². The summed E-state index contributed by atoms with van der Waals surface area (Å²) in [5.74, 6) is -0.375. The molecular formula is C13H13ClFNS. The van der Waals surface area contributed by atoms with Gasteiger partial charge in [-0.25, -0.2) is 4.39 Å². The number of nitrogens with one attached hydrogen (secondary N) is 1. The van der Waals surface area contributed by atoms with Crippen LogP contribution >= 0.6 is 22.9 Å². The zero-order chi connectivity index (χ0) is 12.3. The Balaban J connectivity index is 1.99. The fourth-order valence-electron chi connectivity index (χ4n) is 1.56. The Hall–Kier alpha value is -0.900. The van der Waals surface area contributed by atoms with E-state index in [2.05, 4.69) is 22.1 Å². The molecule has 1 heterocycles. The van der Waals surface area contributed by atoms with Crippen molar-refractivity contribution < 1.29 is 4.39 Å². The summed E-state index contributed by atoms with van der Waals surface area (Å²) in [6.07, 6.45) is 0. The summed E-state index contributed by atoms with van der Waals surface area (Å²) in [5.41, 5.74) is 2.25. The number of benzene rings is 1. The number of halogens is 2. The van der Waals surface area contributed by atoms with Crippen LogP contribution in [0.2, 0.25) is 5.02 Å². The van der Waals surface area contributed by atoms with Crippen LogP contribution in [0.5, 0.6) is 0 Å². The van der Waals surface area contributed by atoms with Gasteiger partial charge < -0.3 is 5.32 Å². The molecule has 1 aromatic carbocycles. The Morgan fingerprint density at radius 2 is 2.24 bits per heavy atom. The molecule has 4 heteroatoms. The molecule has 17 heavy (non-hydrogen) atoms. The van der Waals surface area contributed by atoms with E-state index in [1.807, 2.05) is 6.92 Å². The van der Waals surface area contributed by atoms with Crippen molar-refractivity contribution in [2.24, 2.45) is 0 Å². The van der Waals surface area contributed by atoms with E-state index in [9.17, 15) is 4.39 Å². The lowest BCUT2D eigenvalue weighted by molar-refractivity contribution is 0.572. The Morgan fingerprint density at radius 1 is 1.41 bits per heavy atom. The maximum atomic E-state index is 13.0. The molecule has 2 aromatic rings. The third-order valence-electron chi connectivity index (χ3n) is 2.64. The highest BCUT2D eigenvalue weighted by Crippen LogP contribution is 2.21. The van der Waals surface area contributed by atoms with Gasteiger partial charge in [0.2, 0.25) is 0 Å². The fourth-order valence-corrected chi connectivity index (χ4v) is 2.42. The van der Waals surface area contributed by atoms with Crippen molar-refractivity contribution >= 4 is 22.9 Å². The zero-order valence-corrected chi connectivity index (χ0v) is 11.0. The minimum Gasteiger partial charge on any atom is -0.306 e. The van der Waals surface area contributed by atoms with Crippen LogP contribution in [-0.2, 0) is 6.54 Å². The van der Waals surface area contributed by atoms with Crippen LogP contribution in [0.3, 0.4) is 0 Å². The molecule has 90 valence electrons. The summed E-state index contributed by atoms with van der Waals surface area (Å²) < 4.78 is 13.0. The van der Waals surface area contributed by atoms with Crippen LogP contribution in [0.4, 0.5) is 4.39 Å². The number of thiophene rings is 1. The van der Waals surface area contributed by atoms with E-state index in [0.717, 1.165) is 12.1 Å². The average Bonchev–Trinajstić information content (AvgIpc) is 2.82. The maximum absolute atomic E-state index is 13.0. The lowest BCUT2D eigenvalue weighted by Crippen LogP contribution is -2.17. The molecule has 1 aromatic heterocycles. The van der Waals surface area contributed by atoms with Crippen molar-refractivity contribution in [3.05, 3.63) is 57.0 Å². The number of hydrogen-bond acceptors (Lipinski definition) is 2. The van der Waals surface area contributed by atoms with Crippen molar-refractivity contribution in [2.45, 2.75) is 19.5 Å². The highest BCUT2D eigenvalue weighted by atomic mass is 35.5. The number of hydrogen-bond donors (Lipinski definition) is 1. The summed E-state index contributed by atoms with van der Waals surface area (Å²) >= 11 is 7.44. The van der Waals surface area contributed by atoms with Crippen LogP contribution in [0, 0.1) is 5.82 Å². The Morgan fingerprint density at radius 3 is 2.88 bits per heavy atom. The second kappa shape index (κ2) is 5.63. The van der Waals surface area contributed by atoms with Gasteiger partial charge in [0.15, 0.2) is 0 Å². The SMILES string of the molecule is CC(NCc1ccsc1)c1ccc(F)c(Cl)c1. The van der Waals surface area contributed by atoms with E-state index in [0.29, 0.717) is 0 Å². The molecule has 1 unspecified atom stereocenters. The predicted molar refractivity (Wildman–Crippen MR) is 71.0 cm³/mol. The zero-order valence-electron chi connectivity index (χ0n) is 9.41. The van der Waals surface area contributed by atoms with Crippen molar-refractivity contribution in [1.82, 2.24) is 5.32 Å². The van der Waals surface area contributed by atoms with Crippen molar-refractivity contribution in [3.8, 4) is 0 Å². The van der Waals surface area contributed by atoms with Gasteiger partial charge in [-0.2, -0.15) is 11.3 Å². The second-order valence-electron chi connectivity index (χ2n) is 3.91. The van der Waals surface area contributed by atoms with Gasteiger partial charge >= 0.3 is 0 Å². The van der Waals surface area contributed by atoms with Gasteiger partial charge in [-0.05, 0) is 47.0 Å². The van der Waals surface area contributed by atoms with Crippen LogP contribution < -0.4 is 5.32 Å². The Bertz CT molecular complexity index is 484. The van der Waals surface area contributed by atoms with Crippen molar-refractivity contribution in [2.75, 3.05) is 0 Å². The molecular weight excluding hydrogens is 257 g/mol. The highest BCUT2D eigenvalue weighted by molar-refractivity contribution is 7.07. The summed E-state index contributed by atoms with van der Waals surface area (Å²) in [6.45, 7) is 2.84. The molecule has 0 spiro atoms. The molecule has 0 aliphatic carbocycles. The van der Waals surface area contributed by atoms with Gasteiger partial charge in [-0.3, -0.25) is 0 Å². The van der Waals surface area contributed by atoms with Crippen LogP contribution in [0.25, 0.3) is 0 Å². The molecule has 1 atom stereocenters. The molecule has 0 radical (unpaired) electrons. The van der Waals surface area contributed by atoms with Crippen LogP contribution in [-0.4, -0.2) is 0 Å². The molecule has 0 bridgehead atoms. The molecule has 0 aliphatic rings. The molecule has 0 fully saturated rings. The largest absolute Gasteiger partial charge is 0.306 e. The highest BCUT2D eigenvalue weighted by Gasteiger charge is 2.07. The van der Waals surface area contributed by atoms with E-state index in [1.165, 1.54) is 11.6 Å². The Labute approximate surface area is 109 Å². The van der Waals surface area contributed by atoms with Crippen molar-refractivity contribution in [3.63, 3.8) is 0 Å². The molecule has 0 aliphatic heterocycles. The van der Waals surface area contributed by atoms with E-state index >= 15 is 0 Å². The van der Waals surface area contributed by atoms with E-state index in [4.69, 9.17) is 11.6 Å². The van der Waals surface area contributed by atoms with Gasteiger partial charge in [-0.15, -0.1) is 0 Å². The lowest BCUT2D eigenvalue weighted by atomic mass is 10.1. The summed E-state index contributed by atoms with van der Waals surface area (Å²) in [4.78, 5) is 0. The average molecular weight is 270 g/mol. The quantitative estimate of drug-likeness (QED) is 0.868. The van der Waals surface area contributed by atoms with Gasteiger partial charge in [0.25, 0.3) is 0 Å². The molecule has 0 amide bonds. The van der Waals surface area contributed by atoms with Crippen molar-refractivity contribution in [1.29, 1.82) is 0 Å². The standard InChI is InChI=1S/C13H13ClFNS/c1-9(16-7-10-4-5-17-8-10)11-2-3-13(15)12(14)6-11/h2-6,8-9,16H,7H2,1H3. The molecule has 0 saturated heterocycles. The lowest BCUT2D eigenvalue weighted by Gasteiger charge is -2.14. The first-order chi connectivity index (χ1) is 8.16. The molecule has 1 nitrogen and oxygen atoms in total. The van der Waals surface area contributed by atoms with E-state index < -0.39 is 0 Å². The monoisotopic (exact) mass is 269 g/mol. The normalized spacial score (nSPS) is 12.6. The third kappa shape index (κ3) is 3.28. The van der Waals surface area contributed by atoms with Gasteiger partial charge in [-0.1, -0.05) is 17.7 Å². The van der Waals surface area contributed by atoms with Gasteiger partial charge in [0.1, 0.15) is 5.82 Å². The Kier molecular flexibility index (Phi) is 4.15. The first-order valence-corrected chi connectivity index (χ1v) is 6.68. The molecule has 1 N–H and O–H groups in total. The van der Waals surface area contributed by atoms with E-state index in [1.54, 1.807) is 23.5 Å². The maximum Gasteiger partial charge on any atom is 0.141 e. The fraction of sp³-hybridized carbons (Fsp3) is 0.231. The van der Waals surface area contributed by atoms with E-state index in [-0.39, 0.29) is 16.9 Å². The summed E-state index contributed by atoms with van der Waals surface area (Å²) in [5, 5.41) is 7.71. The van der Waals surface area contributed by atoms with Crippen LogP contribution in [0.1, 0.15) is 24.1 Å². The van der Waals surface area contributed by atoms with Gasteiger partial charge in [0.05, 0.1) is 5.02 Å².